The van der Waals surface area contributed by atoms with Crippen molar-refractivity contribution in [3.8, 4) is 0 Å². The summed E-state index contributed by atoms with van der Waals surface area (Å²) in [4.78, 5) is 26.2. The van der Waals surface area contributed by atoms with E-state index in [1.807, 2.05) is 30.3 Å². The van der Waals surface area contributed by atoms with Crippen LogP contribution < -0.4 is 11.1 Å². The van der Waals surface area contributed by atoms with Gasteiger partial charge in [0.1, 0.15) is 18.8 Å². The van der Waals surface area contributed by atoms with Gasteiger partial charge in [-0.3, -0.25) is 9.20 Å². The van der Waals surface area contributed by atoms with Crippen LogP contribution in [0, 0.1) is 0 Å². The van der Waals surface area contributed by atoms with Gasteiger partial charge in [-0.2, -0.15) is 0 Å². The molecule has 3 aromatic rings. The van der Waals surface area contributed by atoms with Crippen molar-refractivity contribution in [3.63, 3.8) is 0 Å². The molecular weight excluding hydrogens is 479 g/mol. The number of nitrogens with two attached hydrogens (primary N) is 1. The van der Waals surface area contributed by atoms with Crippen LogP contribution in [0.4, 0.5) is 9.18 Å². The highest BCUT2D eigenvalue weighted by Crippen LogP contribution is 2.18. The molecule has 2 atom stereocenters. The maximum absolute atomic E-state index is 13.3. The molecule has 1 aromatic carbocycles. The summed E-state index contributed by atoms with van der Waals surface area (Å²) in [5, 5.41) is 11.4. The van der Waals surface area contributed by atoms with E-state index < -0.39 is 23.8 Å². The predicted octanol–water partition coefficient (Wildman–Crippen LogP) is 3.16. The van der Waals surface area contributed by atoms with E-state index in [2.05, 4.69) is 15.5 Å². The molecule has 0 saturated carbocycles. The van der Waals surface area contributed by atoms with E-state index in [4.69, 9.17) is 15.2 Å². The van der Waals surface area contributed by atoms with Crippen molar-refractivity contribution in [1.82, 2.24) is 24.8 Å². The van der Waals surface area contributed by atoms with Gasteiger partial charge in [-0.15, -0.1) is 10.2 Å². The number of pyridine rings is 1. The minimum absolute atomic E-state index is 0. The van der Waals surface area contributed by atoms with Crippen LogP contribution in [0.3, 0.4) is 0 Å². The molecule has 3 N–H and O–H groups in total. The molecule has 0 radical (unpaired) electrons. The number of hydrogen-bond acceptors (Lipinski definition) is 7. The molecule has 2 aromatic heterocycles. The molecule has 1 fully saturated rings. The first-order chi connectivity index (χ1) is 17.2. The Kier molecular flexibility index (Phi) is 9.17. The smallest absolute Gasteiger partial charge is 0.410 e. The Morgan fingerprint density at radius 1 is 1.19 bits per heavy atom. The molecule has 1 aliphatic heterocycles. The van der Waals surface area contributed by atoms with Crippen LogP contribution in [-0.2, 0) is 27.5 Å². The van der Waals surface area contributed by atoms with Crippen LogP contribution in [0.25, 0.3) is 5.65 Å². The van der Waals surface area contributed by atoms with Gasteiger partial charge in [-0.1, -0.05) is 37.8 Å². The average molecular weight is 515 g/mol. The Balaban J connectivity index is 0.00000380. The topological polar surface area (TPSA) is 124 Å². The van der Waals surface area contributed by atoms with Gasteiger partial charge in [0.25, 0.3) is 0 Å². The van der Waals surface area contributed by atoms with Crippen LogP contribution >= 0.6 is 0 Å². The first kappa shape index (κ1) is 28.0. The summed E-state index contributed by atoms with van der Waals surface area (Å²) in [6.45, 7) is 4.20. The lowest BCUT2D eigenvalue weighted by atomic mass is 10.1. The number of hydrogen-bond donors (Lipinski definition) is 2. The summed E-state index contributed by atoms with van der Waals surface area (Å²) in [6, 6.07) is 12.6. The number of amides is 2. The van der Waals surface area contributed by atoms with Crippen molar-refractivity contribution in [2.75, 3.05) is 19.7 Å². The molecule has 0 unspecified atom stereocenters. The van der Waals surface area contributed by atoms with Crippen molar-refractivity contribution in [1.29, 1.82) is 0 Å². The Morgan fingerprint density at radius 3 is 2.62 bits per heavy atom. The fraction of sp³-hybridized carbons (Fsp3) is 0.462. The minimum atomic E-state index is -1.09. The number of rotatable bonds is 9. The third-order valence-corrected chi connectivity index (χ3v) is 5.85. The minimum Gasteiger partial charge on any atom is -0.445 e. The lowest BCUT2D eigenvalue weighted by Gasteiger charge is -2.23. The van der Waals surface area contributed by atoms with Gasteiger partial charge in [-0.05, 0) is 43.5 Å². The van der Waals surface area contributed by atoms with Gasteiger partial charge in [0.15, 0.2) is 11.5 Å². The number of alkyl halides is 1. The normalized spacial score (nSPS) is 16.3. The number of carbonyl (C=O) groups is 2. The van der Waals surface area contributed by atoms with E-state index in [0.717, 1.165) is 5.56 Å². The third-order valence-electron chi connectivity index (χ3n) is 5.85. The van der Waals surface area contributed by atoms with Gasteiger partial charge in [0, 0.05) is 12.7 Å². The average Bonchev–Trinajstić information content (AvgIpc) is 3.48. The Morgan fingerprint density at radius 2 is 1.95 bits per heavy atom. The van der Waals surface area contributed by atoms with Crippen LogP contribution in [0.1, 0.15) is 50.7 Å². The number of carbonyl (C=O) groups excluding carboxylic acids is 2. The summed E-state index contributed by atoms with van der Waals surface area (Å²) < 4.78 is 26.3. The maximum atomic E-state index is 13.3. The lowest BCUT2D eigenvalue weighted by molar-refractivity contribution is -0.126. The van der Waals surface area contributed by atoms with E-state index in [9.17, 15) is 14.0 Å². The predicted molar refractivity (Wildman–Crippen MR) is 136 cm³/mol. The summed E-state index contributed by atoms with van der Waals surface area (Å²) in [6.07, 6.45) is 0.529. The summed E-state index contributed by atoms with van der Waals surface area (Å²) >= 11 is 0. The molecule has 2 amide bonds. The fourth-order valence-corrected chi connectivity index (χ4v) is 3.79. The number of fused-ring (bicyclic) bond motifs is 1. The van der Waals surface area contributed by atoms with Crippen LogP contribution in [0.2, 0.25) is 0 Å². The zero-order chi connectivity index (χ0) is 25.7. The molecule has 10 nitrogen and oxygen atoms in total. The second-order valence-electron chi connectivity index (χ2n) is 9.46. The first-order valence-corrected chi connectivity index (χ1v) is 11.8. The molecule has 0 spiro atoms. The molecule has 0 aliphatic carbocycles. The second-order valence-corrected chi connectivity index (χ2v) is 9.46. The van der Waals surface area contributed by atoms with Gasteiger partial charge in [-0.25, -0.2) is 9.18 Å². The van der Waals surface area contributed by atoms with E-state index in [0.29, 0.717) is 36.6 Å². The molecular formula is C26H35FN6O4. The highest BCUT2D eigenvalue weighted by atomic mass is 19.1. The van der Waals surface area contributed by atoms with Crippen LogP contribution in [0.15, 0.2) is 48.7 Å². The van der Waals surface area contributed by atoms with Gasteiger partial charge >= 0.3 is 6.09 Å². The molecule has 1 saturated heterocycles. The highest BCUT2D eigenvalue weighted by Gasteiger charge is 2.29. The quantitative estimate of drug-likeness (QED) is 0.449. The molecule has 4 rings (SSSR count). The number of nitrogens with one attached hydrogen (secondary N) is 1. The summed E-state index contributed by atoms with van der Waals surface area (Å²) in [7, 11) is 0. The lowest BCUT2D eigenvalue weighted by Crippen LogP contribution is -2.50. The fourth-order valence-electron chi connectivity index (χ4n) is 3.79. The second kappa shape index (κ2) is 12.1. The zero-order valence-corrected chi connectivity index (χ0v) is 20.4. The number of ether oxygens (including phenoxy) is 2. The zero-order valence-electron chi connectivity index (χ0n) is 20.4. The number of aromatic nitrogens is 3. The van der Waals surface area contributed by atoms with E-state index in [-0.39, 0.29) is 33.1 Å². The number of nitrogens with zero attached hydrogens (tertiary/aromatic N) is 4. The van der Waals surface area contributed by atoms with Crippen molar-refractivity contribution >= 4 is 17.6 Å². The van der Waals surface area contributed by atoms with Gasteiger partial charge in [0.05, 0.1) is 25.3 Å². The molecule has 37 heavy (non-hydrogen) atoms. The molecule has 11 heteroatoms. The molecule has 1 aliphatic rings. The Labute approximate surface area is 215 Å². The molecule has 0 bridgehead atoms. The summed E-state index contributed by atoms with van der Waals surface area (Å²) in [5.41, 5.74) is 7.11. The van der Waals surface area contributed by atoms with E-state index in [1.54, 1.807) is 36.6 Å². The highest BCUT2D eigenvalue weighted by molar-refractivity contribution is 5.85. The van der Waals surface area contributed by atoms with E-state index in [1.165, 1.54) is 4.90 Å². The van der Waals surface area contributed by atoms with Crippen molar-refractivity contribution in [2.45, 2.75) is 58.7 Å². The number of likely N-dealkylation sites (tertiary alicyclic amines) is 1. The standard InChI is InChI=1S/C25H31FN6O4.CH4/c1-25(2,27)23(33)28-20(16-35-14-17-6-4-3-5-7-17)22-30-29-21-12-18(8-11-32(21)22)15-36-24(34)31-10-9-19(26)13-31;/h3-8,11-12,19-20H,9-10,13-16,27H2,1-2H3,(H,28,33);1H4/t19-,20-;/m1./s1. The molecule has 200 valence electrons. The maximum Gasteiger partial charge on any atom is 0.410 e. The summed E-state index contributed by atoms with van der Waals surface area (Å²) in [5.74, 6) is 0.124. The van der Waals surface area contributed by atoms with Gasteiger partial charge in [0.2, 0.25) is 5.91 Å². The number of benzene rings is 1. The first-order valence-electron chi connectivity index (χ1n) is 11.8. The van der Waals surface area contributed by atoms with Crippen molar-refractivity contribution in [2.24, 2.45) is 5.73 Å². The third kappa shape index (κ3) is 7.23. The number of halogens is 1. The van der Waals surface area contributed by atoms with Crippen LogP contribution in [0.5, 0.6) is 0 Å². The Hall–Kier alpha value is -3.57. The SMILES string of the molecule is C.CC(C)(N)C(=O)N[C@H](COCc1ccccc1)c1nnc2cc(COC(=O)N3CC[C@@H](F)C3)ccn12. The molecule has 3 heterocycles. The monoisotopic (exact) mass is 514 g/mol. The van der Waals surface area contributed by atoms with Crippen molar-refractivity contribution in [3.05, 3.63) is 65.6 Å². The Bertz CT molecular complexity index is 1200. The van der Waals surface area contributed by atoms with E-state index >= 15 is 0 Å². The van der Waals surface area contributed by atoms with Crippen molar-refractivity contribution < 1.29 is 23.5 Å². The van der Waals surface area contributed by atoms with Crippen LogP contribution in [-0.4, -0.2) is 62.9 Å². The largest absolute Gasteiger partial charge is 0.445 e. The van der Waals surface area contributed by atoms with Gasteiger partial charge < -0.3 is 25.4 Å².